The lowest BCUT2D eigenvalue weighted by molar-refractivity contribution is -0.387. The Bertz CT molecular complexity index is 835. The number of hydrogen-bond donors (Lipinski definition) is 1. The Balaban J connectivity index is 2.50. The SMILES string of the molecule is COc1ccc(S(=O)(=O)Nc2ccccc2OC)c([N+](=O)[O-])c1. The summed E-state index contributed by atoms with van der Waals surface area (Å²) >= 11 is 0. The maximum absolute atomic E-state index is 12.5. The number of anilines is 1. The second-order valence-electron chi connectivity index (χ2n) is 4.40. The third-order valence-electron chi connectivity index (χ3n) is 3.00. The maximum Gasteiger partial charge on any atom is 0.293 e. The lowest BCUT2D eigenvalue weighted by atomic mass is 10.3. The van der Waals surface area contributed by atoms with Gasteiger partial charge in [0, 0.05) is 0 Å². The van der Waals surface area contributed by atoms with E-state index in [0.29, 0.717) is 5.75 Å². The summed E-state index contributed by atoms with van der Waals surface area (Å²) in [4.78, 5) is 9.90. The molecular formula is C14H14N2O6S. The fourth-order valence-electron chi connectivity index (χ4n) is 1.92. The highest BCUT2D eigenvalue weighted by atomic mass is 32.2. The van der Waals surface area contributed by atoms with Crippen molar-refractivity contribution in [1.82, 2.24) is 0 Å². The van der Waals surface area contributed by atoms with E-state index < -0.39 is 25.5 Å². The normalized spacial score (nSPS) is 10.9. The number of benzene rings is 2. The number of nitro groups is 1. The van der Waals surface area contributed by atoms with Gasteiger partial charge in [-0.1, -0.05) is 12.1 Å². The first-order valence-electron chi connectivity index (χ1n) is 6.37. The van der Waals surface area contributed by atoms with Crippen molar-refractivity contribution in [3.05, 3.63) is 52.6 Å². The minimum atomic E-state index is -4.17. The van der Waals surface area contributed by atoms with Crippen LogP contribution in [0.2, 0.25) is 0 Å². The van der Waals surface area contributed by atoms with Crippen molar-refractivity contribution in [2.45, 2.75) is 4.90 Å². The molecule has 0 bridgehead atoms. The van der Waals surface area contributed by atoms with Gasteiger partial charge in [0.1, 0.15) is 11.5 Å². The summed E-state index contributed by atoms with van der Waals surface area (Å²) in [6, 6.07) is 9.86. The molecule has 2 rings (SSSR count). The van der Waals surface area contributed by atoms with E-state index in [9.17, 15) is 18.5 Å². The average Bonchev–Trinajstić information content (AvgIpc) is 2.54. The van der Waals surface area contributed by atoms with E-state index in [1.807, 2.05) is 0 Å². The number of para-hydroxylation sites is 2. The molecule has 0 saturated heterocycles. The summed E-state index contributed by atoms with van der Waals surface area (Å²) in [5.74, 6) is 0.486. The minimum absolute atomic E-state index is 0.181. The zero-order valence-corrected chi connectivity index (χ0v) is 13.2. The summed E-state index contributed by atoms with van der Waals surface area (Å²) in [5, 5.41) is 11.1. The van der Waals surface area contributed by atoms with Crippen molar-refractivity contribution in [2.24, 2.45) is 0 Å². The molecule has 0 aliphatic carbocycles. The molecule has 9 heteroatoms. The highest BCUT2D eigenvalue weighted by Crippen LogP contribution is 2.31. The average molecular weight is 338 g/mol. The molecule has 0 fully saturated rings. The molecule has 0 atom stereocenters. The van der Waals surface area contributed by atoms with Crippen LogP contribution in [-0.4, -0.2) is 27.6 Å². The Kier molecular flexibility index (Phi) is 4.70. The first-order chi connectivity index (χ1) is 10.9. The Hall–Kier alpha value is -2.81. The molecule has 0 saturated carbocycles. The van der Waals surface area contributed by atoms with Crippen molar-refractivity contribution in [2.75, 3.05) is 18.9 Å². The number of nitrogens with one attached hydrogen (secondary N) is 1. The van der Waals surface area contributed by atoms with Gasteiger partial charge in [0.15, 0.2) is 4.90 Å². The fourth-order valence-corrected chi connectivity index (χ4v) is 3.15. The van der Waals surface area contributed by atoms with Gasteiger partial charge in [-0.15, -0.1) is 0 Å². The van der Waals surface area contributed by atoms with E-state index in [-0.39, 0.29) is 11.4 Å². The Morgan fingerprint density at radius 1 is 1.09 bits per heavy atom. The molecule has 0 heterocycles. The lowest BCUT2D eigenvalue weighted by Gasteiger charge is -2.12. The zero-order chi connectivity index (χ0) is 17.0. The number of methoxy groups -OCH3 is 2. The van der Waals surface area contributed by atoms with E-state index in [1.165, 1.54) is 26.4 Å². The summed E-state index contributed by atoms with van der Waals surface area (Å²) in [6.07, 6.45) is 0. The largest absolute Gasteiger partial charge is 0.497 e. The quantitative estimate of drug-likeness (QED) is 0.640. The van der Waals surface area contributed by atoms with Gasteiger partial charge < -0.3 is 9.47 Å². The first-order valence-corrected chi connectivity index (χ1v) is 7.85. The maximum atomic E-state index is 12.5. The van der Waals surface area contributed by atoms with Gasteiger partial charge in [0.25, 0.3) is 15.7 Å². The summed E-state index contributed by atoms with van der Waals surface area (Å²) < 4.78 is 37.2. The van der Waals surface area contributed by atoms with Crippen LogP contribution in [0.15, 0.2) is 47.4 Å². The Morgan fingerprint density at radius 3 is 2.39 bits per heavy atom. The van der Waals surface area contributed by atoms with Crippen molar-refractivity contribution in [3.63, 3.8) is 0 Å². The highest BCUT2D eigenvalue weighted by molar-refractivity contribution is 7.92. The number of rotatable bonds is 6. The van der Waals surface area contributed by atoms with Gasteiger partial charge in [0.05, 0.1) is 30.9 Å². The minimum Gasteiger partial charge on any atom is -0.497 e. The molecule has 122 valence electrons. The van der Waals surface area contributed by atoms with Gasteiger partial charge in [-0.25, -0.2) is 8.42 Å². The summed E-state index contributed by atoms with van der Waals surface area (Å²) in [7, 11) is -1.45. The molecule has 8 nitrogen and oxygen atoms in total. The number of nitrogens with zero attached hydrogens (tertiary/aromatic N) is 1. The zero-order valence-electron chi connectivity index (χ0n) is 12.3. The second-order valence-corrected chi connectivity index (χ2v) is 6.05. The van der Waals surface area contributed by atoms with Gasteiger partial charge in [0.2, 0.25) is 0 Å². The fraction of sp³-hybridized carbons (Fsp3) is 0.143. The molecule has 0 amide bonds. The smallest absolute Gasteiger partial charge is 0.293 e. The van der Waals surface area contributed by atoms with E-state index >= 15 is 0 Å². The summed E-state index contributed by atoms with van der Waals surface area (Å²) in [6.45, 7) is 0. The Labute approximate surface area is 132 Å². The lowest BCUT2D eigenvalue weighted by Crippen LogP contribution is -2.15. The Morgan fingerprint density at radius 2 is 1.78 bits per heavy atom. The molecule has 0 aromatic heterocycles. The molecule has 1 N–H and O–H groups in total. The van der Waals surface area contributed by atoms with Gasteiger partial charge in [-0.05, 0) is 24.3 Å². The van der Waals surface area contributed by atoms with E-state index in [2.05, 4.69) is 4.72 Å². The van der Waals surface area contributed by atoms with Crippen LogP contribution in [0, 0.1) is 10.1 Å². The topological polar surface area (TPSA) is 108 Å². The molecule has 2 aromatic carbocycles. The van der Waals surface area contributed by atoms with Crippen LogP contribution in [0.3, 0.4) is 0 Å². The van der Waals surface area contributed by atoms with E-state index in [4.69, 9.17) is 9.47 Å². The monoisotopic (exact) mass is 338 g/mol. The molecule has 0 aliphatic rings. The van der Waals surface area contributed by atoms with Crippen LogP contribution in [0.5, 0.6) is 11.5 Å². The molecule has 23 heavy (non-hydrogen) atoms. The highest BCUT2D eigenvalue weighted by Gasteiger charge is 2.27. The third kappa shape index (κ3) is 3.51. The van der Waals surface area contributed by atoms with E-state index in [0.717, 1.165) is 12.1 Å². The second kappa shape index (κ2) is 6.53. The predicted octanol–water partition coefficient (Wildman–Crippen LogP) is 2.41. The summed E-state index contributed by atoms with van der Waals surface area (Å²) in [5.41, 5.74) is -0.396. The standard InChI is InChI=1S/C14H14N2O6S/c1-21-10-7-8-14(12(9-10)16(17)18)23(19,20)15-11-5-3-4-6-13(11)22-2/h3-9,15H,1-2H3. The predicted molar refractivity (Wildman–Crippen MR) is 83.5 cm³/mol. The van der Waals surface area contributed by atoms with Gasteiger partial charge in [-0.3, -0.25) is 14.8 Å². The number of ether oxygens (including phenoxy) is 2. The van der Waals surface area contributed by atoms with Crippen molar-refractivity contribution in [1.29, 1.82) is 0 Å². The molecule has 2 aromatic rings. The van der Waals surface area contributed by atoms with Gasteiger partial charge in [-0.2, -0.15) is 0 Å². The van der Waals surface area contributed by atoms with Crippen molar-refractivity contribution < 1.29 is 22.8 Å². The van der Waals surface area contributed by atoms with Gasteiger partial charge >= 0.3 is 0 Å². The van der Waals surface area contributed by atoms with Crippen molar-refractivity contribution in [3.8, 4) is 11.5 Å². The molecule has 0 spiro atoms. The molecule has 0 aliphatic heterocycles. The van der Waals surface area contributed by atoms with Crippen LogP contribution in [0.4, 0.5) is 11.4 Å². The van der Waals surface area contributed by atoms with Crippen LogP contribution in [0.1, 0.15) is 0 Å². The molecule has 0 radical (unpaired) electrons. The van der Waals surface area contributed by atoms with Crippen LogP contribution in [0.25, 0.3) is 0 Å². The number of sulfonamides is 1. The molecule has 0 unspecified atom stereocenters. The first kappa shape index (κ1) is 16.6. The number of hydrogen-bond acceptors (Lipinski definition) is 6. The number of nitro benzene ring substituents is 1. The van der Waals surface area contributed by atoms with Crippen LogP contribution in [-0.2, 0) is 10.0 Å². The van der Waals surface area contributed by atoms with E-state index in [1.54, 1.807) is 18.2 Å². The third-order valence-corrected chi connectivity index (χ3v) is 4.42. The van der Waals surface area contributed by atoms with Crippen molar-refractivity contribution >= 4 is 21.4 Å². The van der Waals surface area contributed by atoms with Crippen LogP contribution >= 0.6 is 0 Å². The van der Waals surface area contributed by atoms with Crippen LogP contribution < -0.4 is 14.2 Å². The molecular weight excluding hydrogens is 324 g/mol.